The molecule has 0 bridgehead atoms. The number of aromatic amines is 1. The van der Waals surface area contributed by atoms with Crippen molar-refractivity contribution >= 4 is 27.4 Å². The Hall–Kier alpha value is -1.99. The zero-order valence-electron chi connectivity index (χ0n) is 16.6. The van der Waals surface area contributed by atoms with Gasteiger partial charge in [-0.25, -0.2) is 9.97 Å². The smallest absolute Gasteiger partial charge is 0.146 e. The molecule has 4 heterocycles. The maximum Gasteiger partial charge on any atom is 0.146 e. The monoisotopic (exact) mass is 384 g/mol. The van der Waals surface area contributed by atoms with Crippen molar-refractivity contribution in [3.8, 4) is 0 Å². The first-order chi connectivity index (χ1) is 13.0. The van der Waals surface area contributed by atoms with Gasteiger partial charge in [0.2, 0.25) is 0 Å². The number of hydrogen-bond acceptors (Lipinski definition) is 6. The Morgan fingerprint density at radius 3 is 2.70 bits per heavy atom. The SMILES string of the molecule is Cc1cc(CC(C)Nc2nc(CN3CCCC3)nc3sc(C)c(C)c23)n[nH]1. The number of aromatic nitrogens is 4. The molecule has 1 unspecified atom stereocenters. The predicted octanol–water partition coefficient (Wildman–Crippen LogP) is 3.98. The first-order valence-electron chi connectivity index (χ1n) is 9.76. The first kappa shape index (κ1) is 18.4. The quantitative estimate of drug-likeness (QED) is 0.673. The number of hydrogen-bond donors (Lipinski definition) is 2. The van der Waals surface area contributed by atoms with E-state index in [4.69, 9.17) is 9.97 Å². The van der Waals surface area contributed by atoms with E-state index in [1.165, 1.54) is 28.7 Å². The van der Waals surface area contributed by atoms with E-state index in [1.54, 1.807) is 11.3 Å². The van der Waals surface area contributed by atoms with Gasteiger partial charge in [-0.05, 0) is 65.3 Å². The number of thiophene rings is 1. The molecule has 0 amide bonds. The Morgan fingerprint density at radius 1 is 1.22 bits per heavy atom. The molecule has 2 N–H and O–H groups in total. The molecule has 0 saturated carbocycles. The maximum atomic E-state index is 4.94. The van der Waals surface area contributed by atoms with Crippen LogP contribution >= 0.6 is 11.3 Å². The summed E-state index contributed by atoms with van der Waals surface area (Å²) in [5, 5.41) is 12.2. The number of aryl methyl sites for hydroxylation is 3. The van der Waals surface area contributed by atoms with Crippen molar-refractivity contribution in [3.05, 3.63) is 33.7 Å². The van der Waals surface area contributed by atoms with Gasteiger partial charge in [0.05, 0.1) is 17.6 Å². The number of H-pyrrole nitrogens is 1. The average Bonchev–Trinajstić information content (AvgIpc) is 3.31. The first-order valence-corrected chi connectivity index (χ1v) is 10.6. The van der Waals surface area contributed by atoms with Crippen molar-refractivity contribution in [1.82, 2.24) is 25.1 Å². The molecule has 1 aliphatic heterocycles. The Morgan fingerprint density at radius 2 is 2.00 bits per heavy atom. The van der Waals surface area contributed by atoms with Crippen LogP contribution in [0.25, 0.3) is 10.2 Å². The molecule has 1 aliphatic rings. The lowest BCUT2D eigenvalue weighted by Crippen LogP contribution is -2.22. The average molecular weight is 385 g/mol. The minimum absolute atomic E-state index is 0.241. The molecule has 0 aromatic carbocycles. The van der Waals surface area contributed by atoms with E-state index < -0.39 is 0 Å². The van der Waals surface area contributed by atoms with Crippen LogP contribution in [0.1, 0.15) is 47.4 Å². The molecule has 4 rings (SSSR count). The Balaban J connectivity index is 1.62. The van der Waals surface area contributed by atoms with Gasteiger partial charge in [-0.2, -0.15) is 5.10 Å². The van der Waals surface area contributed by atoms with E-state index in [2.05, 4.69) is 47.3 Å². The Labute approximate surface area is 164 Å². The molecular formula is C20H28N6S. The van der Waals surface area contributed by atoms with Gasteiger partial charge >= 0.3 is 0 Å². The highest BCUT2D eigenvalue weighted by atomic mass is 32.1. The molecule has 3 aromatic heterocycles. The summed E-state index contributed by atoms with van der Waals surface area (Å²) in [7, 11) is 0. The Kier molecular flexibility index (Phi) is 5.14. The third-order valence-corrected chi connectivity index (χ3v) is 6.40. The van der Waals surface area contributed by atoms with E-state index in [1.807, 2.05) is 6.92 Å². The van der Waals surface area contributed by atoms with Gasteiger partial charge in [-0.15, -0.1) is 11.3 Å². The van der Waals surface area contributed by atoms with E-state index in [0.29, 0.717) is 0 Å². The molecule has 1 atom stereocenters. The van der Waals surface area contributed by atoms with Gasteiger partial charge in [0.25, 0.3) is 0 Å². The standard InChI is InChI=1S/C20H28N6S/c1-12(9-16-10-13(2)24-25-16)21-19-18-14(3)15(4)27-20(18)23-17(22-19)11-26-7-5-6-8-26/h10,12H,5-9,11H2,1-4H3,(H,24,25)(H,21,22,23). The molecule has 27 heavy (non-hydrogen) atoms. The van der Waals surface area contributed by atoms with Gasteiger partial charge in [0.15, 0.2) is 0 Å². The fourth-order valence-corrected chi connectivity index (χ4v) is 4.83. The highest BCUT2D eigenvalue weighted by Gasteiger charge is 2.19. The summed E-state index contributed by atoms with van der Waals surface area (Å²) in [4.78, 5) is 14.7. The third-order valence-electron chi connectivity index (χ3n) is 5.30. The number of likely N-dealkylation sites (tertiary alicyclic amines) is 1. The molecule has 0 radical (unpaired) electrons. The predicted molar refractivity (Wildman–Crippen MR) is 112 cm³/mol. The van der Waals surface area contributed by atoms with Crippen molar-refractivity contribution in [2.24, 2.45) is 0 Å². The Bertz CT molecular complexity index is 937. The molecule has 144 valence electrons. The lowest BCUT2D eigenvalue weighted by Gasteiger charge is -2.17. The second-order valence-corrected chi connectivity index (χ2v) is 8.93. The largest absolute Gasteiger partial charge is 0.367 e. The minimum atomic E-state index is 0.241. The van der Waals surface area contributed by atoms with Crippen LogP contribution in [0.3, 0.4) is 0 Å². The summed E-state index contributed by atoms with van der Waals surface area (Å²) in [6.45, 7) is 11.7. The summed E-state index contributed by atoms with van der Waals surface area (Å²) in [6, 6.07) is 2.34. The van der Waals surface area contributed by atoms with Gasteiger partial charge in [0, 0.05) is 23.0 Å². The van der Waals surface area contributed by atoms with Crippen molar-refractivity contribution in [1.29, 1.82) is 0 Å². The van der Waals surface area contributed by atoms with Gasteiger partial charge in [-0.3, -0.25) is 10.00 Å². The fraction of sp³-hybridized carbons (Fsp3) is 0.550. The van der Waals surface area contributed by atoms with E-state index >= 15 is 0 Å². The van der Waals surface area contributed by atoms with Crippen LogP contribution in [0.4, 0.5) is 5.82 Å². The summed E-state index contributed by atoms with van der Waals surface area (Å²) in [5.74, 6) is 1.90. The van der Waals surface area contributed by atoms with Crippen LogP contribution in [0.5, 0.6) is 0 Å². The van der Waals surface area contributed by atoms with Crippen molar-refractivity contribution in [3.63, 3.8) is 0 Å². The molecule has 0 aliphatic carbocycles. The van der Waals surface area contributed by atoms with Crippen LogP contribution in [0.15, 0.2) is 6.07 Å². The molecule has 7 heteroatoms. The van der Waals surface area contributed by atoms with E-state index in [0.717, 1.165) is 53.9 Å². The lowest BCUT2D eigenvalue weighted by atomic mass is 10.1. The number of fused-ring (bicyclic) bond motifs is 1. The maximum absolute atomic E-state index is 4.94. The van der Waals surface area contributed by atoms with Crippen LogP contribution in [0, 0.1) is 20.8 Å². The molecule has 1 fully saturated rings. The molecule has 6 nitrogen and oxygen atoms in total. The number of rotatable bonds is 6. The third kappa shape index (κ3) is 3.99. The summed E-state index contributed by atoms with van der Waals surface area (Å²) in [5.41, 5.74) is 3.46. The summed E-state index contributed by atoms with van der Waals surface area (Å²) in [6.07, 6.45) is 3.43. The zero-order chi connectivity index (χ0) is 19.0. The van der Waals surface area contributed by atoms with Crippen LogP contribution in [-0.4, -0.2) is 44.2 Å². The van der Waals surface area contributed by atoms with E-state index in [9.17, 15) is 0 Å². The van der Waals surface area contributed by atoms with Crippen LogP contribution < -0.4 is 5.32 Å². The summed E-state index contributed by atoms with van der Waals surface area (Å²) < 4.78 is 0. The summed E-state index contributed by atoms with van der Waals surface area (Å²) >= 11 is 1.77. The van der Waals surface area contributed by atoms with Gasteiger partial charge in [-0.1, -0.05) is 0 Å². The topological polar surface area (TPSA) is 69.7 Å². The highest BCUT2D eigenvalue weighted by molar-refractivity contribution is 7.18. The van der Waals surface area contributed by atoms with Crippen LogP contribution in [-0.2, 0) is 13.0 Å². The highest BCUT2D eigenvalue weighted by Crippen LogP contribution is 2.34. The van der Waals surface area contributed by atoms with Crippen molar-refractivity contribution < 1.29 is 0 Å². The van der Waals surface area contributed by atoms with E-state index in [-0.39, 0.29) is 6.04 Å². The lowest BCUT2D eigenvalue weighted by molar-refractivity contribution is 0.323. The number of anilines is 1. The second kappa shape index (κ2) is 7.56. The molecule has 3 aromatic rings. The molecule has 1 saturated heterocycles. The normalized spacial score (nSPS) is 16.3. The number of nitrogens with zero attached hydrogens (tertiary/aromatic N) is 4. The fourth-order valence-electron chi connectivity index (χ4n) is 3.79. The molecule has 0 spiro atoms. The van der Waals surface area contributed by atoms with Crippen molar-refractivity contribution in [2.45, 2.75) is 59.5 Å². The minimum Gasteiger partial charge on any atom is -0.367 e. The van der Waals surface area contributed by atoms with Crippen LogP contribution in [0.2, 0.25) is 0 Å². The van der Waals surface area contributed by atoms with Crippen molar-refractivity contribution in [2.75, 3.05) is 18.4 Å². The van der Waals surface area contributed by atoms with Gasteiger partial charge in [0.1, 0.15) is 16.5 Å². The zero-order valence-corrected chi connectivity index (χ0v) is 17.4. The second-order valence-electron chi connectivity index (χ2n) is 7.73. The number of nitrogens with one attached hydrogen (secondary N) is 2. The van der Waals surface area contributed by atoms with Gasteiger partial charge < -0.3 is 5.32 Å². The molecular weight excluding hydrogens is 356 g/mol.